The van der Waals surface area contributed by atoms with E-state index < -0.39 is 5.41 Å². The summed E-state index contributed by atoms with van der Waals surface area (Å²) in [6, 6.07) is 11.9. The highest BCUT2D eigenvalue weighted by Crippen LogP contribution is 2.40. The van der Waals surface area contributed by atoms with Crippen LogP contribution in [0.2, 0.25) is 5.02 Å². The maximum Gasteiger partial charge on any atom is 0.270 e. The van der Waals surface area contributed by atoms with Crippen molar-refractivity contribution in [2.24, 2.45) is 0 Å². The lowest BCUT2D eigenvalue weighted by Crippen LogP contribution is -2.32. The number of fused-ring (bicyclic) bond motifs is 2. The molecule has 2 aliphatic rings. The fourth-order valence-electron chi connectivity index (χ4n) is 4.49. The number of carbonyl (C=O) groups is 2. The first kappa shape index (κ1) is 22.6. The first-order chi connectivity index (χ1) is 17.2. The second-order valence-electron chi connectivity index (χ2n) is 9.71. The Labute approximate surface area is 210 Å². The monoisotopic (exact) mass is 504 g/mol. The van der Waals surface area contributed by atoms with Crippen molar-refractivity contribution in [1.82, 2.24) is 25.1 Å². The Morgan fingerprint density at radius 3 is 2.75 bits per heavy atom. The van der Waals surface area contributed by atoms with Crippen LogP contribution in [0.3, 0.4) is 0 Å². The van der Waals surface area contributed by atoms with Crippen LogP contribution in [0.1, 0.15) is 48.3 Å². The Hall–Kier alpha value is -3.85. The number of amides is 2. The minimum Gasteiger partial charge on any atom is -0.348 e. The molecule has 1 aliphatic heterocycles. The molecule has 0 radical (unpaired) electrons. The van der Waals surface area contributed by atoms with Gasteiger partial charge < -0.3 is 10.6 Å². The van der Waals surface area contributed by atoms with Crippen molar-refractivity contribution in [2.75, 3.05) is 5.32 Å². The quantitative estimate of drug-likeness (QED) is 0.418. The van der Waals surface area contributed by atoms with Gasteiger partial charge in [-0.15, -0.1) is 0 Å². The van der Waals surface area contributed by atoms with Gasteiger partial charge in [-0.3, -0.25) is 14.3 Å². The van der Waals surface area contributed by atoms with Gasteiger partial charge in [0.05, 0.1) is 17.5 Å². The zero-order chi connectivity index (χ0) is 25.2. The Morgan fingerprint density at radius 2 is 2.00 bits per heavy atom. The Bertz CT molecular complexity index is 1580. The van der Waals surface area contributed by atoms with Crippen LogP contribution in [-0.2, 0) is 16.8 Å². The molecule has 3 heterocycles. The van der Waals surface area contributed by atoms with Gasteiger partial charge >= 0.3 is 0 Å². The maximum atomic E-state index is 14.4. The SMILES string of the molecule is CC1(C)C(=O)Nc2nc(-c3nn(Cc4ccccc4F)c4cc(Cl)ccc34)nc(C(=O)NC3CC3)c21. The van der Waals surface area contributed by atoms with E-state index in [2.05, 4.69) is 20.6 Å². The smallest absolute Gasteiger partial charge is 0.270 e. The van der Waals surface area contributed by atoms with E-state index in [9.17, 15) is 14.0 Å². The average Bonchev–Trinajstić information content (AvgIpc) is 3.54. The van der Waals surface area contributed by atoms with Gasteiger partial charge in [0.1, 0.15) is 23.0 Å². The number of anilines is 1. The van der Waals surface area contributed by atoms with E-state index in [1.165, 1.54) is 6.07 Å². The highest BCUT2D eigenvalue weighted by Gasteiger charge is 2.44. The summed E-state index contributed by atoms with van der Waals surface area (Å²) in [6.45, 7) is 3.64. The molecule has 36 heavy (non-hydrogen) atoms. The number of hydrogen-bond acceptors (Lipinski definition) is 5. The summed E-state index contributed by atoms with van der Waals surface area (Å²) in [5, 5.41) is 11.7. The molecule has 2 aromatic carbocycles. The van der Waals surface area contributed by atoms with E-state index in [0.717, 1.165) is 12.8 Å². The fourth-order valence-corrected chi connectivity index (χ4v) is 4.66. The lowest BCUT2D eigenvalue weighted by molar-refractivity contribution is -0.119. The predicted octanol–water partition coefficient (Wildman–Crippen LogP) is 4.46. The van der Waals surface area contributed by atoms with Crippen molar-refractivity contribution < 1.29 is 14.0 Å². The van der Waals surface area contributed by atoms with Gasteiger partial charge in [0.2, 0.25) is 5.91 Å². The van der Waals surface area contributed by atoms with Crippen LogP contribution in [0.5, 0.6) is 0 Å². The molecule has 1 saturated carbocycles. The van der Waals surface area contributed by atoms with Gasteiger partial charge in [0.15, 0.2) is 5.82 Å². The molecule has 2 amide bonds. The summed E-state index contributed by atoms with van der Waals surface area (Å²) in [7, 11) is 0. The number of aromatic nitrogens is 4. The molecule has 2 aromatic heterocycles. The van der Waals surface area contributed by atoms with Gasteiger partial charge in [-0.2, -0.15) is 5.10 Å². The van der Waals surface area contributed by atoms with Gasteiger partial charge in [-0.05, 0) is 51.0 Å². The van der Waals surface area contributed by atoms with Crippen molar-refractivity contribution in [1.29, 1.82) is 0 Å². The Kier molecular flexibility index (Phi) is 5.08. The molecule has 0 unspecified atom stereocenters. The van der Waals surface area contributed by atoms with Crippen LogP contribution in [0.15, 0.2) is 42.5 Å². The second kappa shape index (κ2) is 8.09. The first-order valence-corrected chi connectivity index (χ1v) is 12.0. The van der Waals surface area contributed by atoms with E-state index in [4.69, 9.17) is 16.7 Å². The first-order valence-electron chi connectivity index (χ1n) is 11.7. The zero-order valence-corrected chi connectivity index (χ0v) is 20.4. The van der Waals surface area contributed by atoms with E-state index in [1.807, 2.05) is 0 Å². The molecule has 182 valence electrons. The molecule has 8 nitrogen and oxygen atoms in total. The van der Waals surface area contributed by atoms with E-state index in [1.54, 1.807) is 54.9 Å². The molecule has 1 aliphatic carbocycles. The number of nitrogens with one attached hydrogen (secondary N) is 2. The maximum absolute atomic E-state index is 14.4. The summed E-state index contributed by atoms with van der Waals surface area (Å²) in [5.74, 6) is -0.470. The van der Waals surface area contributed by atoms with Crippen molar-refractivity contribution in [3.63, 3.8) is 0 Å². The largest absolute Gasteiger partial charge is 0.348 e. The van der Waals surface area contributed by atoms with Crippen LogP contribution in [0, 0.1) is 5.82 Å². The molecule has 1 fully saturated rings. The number of halogens is 2. The van der Waals surface area contributed by atoms with Crippen LogP contribution >= 0.6 is 11.6 Å². The summed E-state index contributed by atoms with van der Waals surface area (Å²) in [4.78, 5) is 35.2. The number of nitrogens with zero attached hydrogens (tertiary/aromatic N) is 4. The molecule has 0 atom stereocenters. The molecular weight excluding hydrogens is 483 g/mol. The van der Waals surface area contributed by atoms with Gasteiger partial charge in [-0.25, -0.2) is 14.4 Å². The average molecular weight is 505 g/mol. The van der Waals surface area contributed by atoms with Gasteiger partial charge in [0.25, 0.3) is 5.91 Å². The molecule has 10 heteroatoms. The molecule has 0 spiro atoms. The van der Waals surface area contributed by atoms with Crippen molar-refractivity contribution in [3.05, 3.63) is 70.1 Å². The molecule has 4 aromatic rings. The van der Waals surface area contributed by atoms with Gasteiger partial charge in [-0.1, -0.05) is 29.8 Å². The number of carbonyl (C=O) groups excluding carboxylic acids is 2. The fraction of sp³-hybridized carbons (Fsp3) is 0.269. The third-order valence-electron chi connectivity index (χ3n) is 6.66. The van der Waals surface area contributed by atoms with E-state index in [0.29, 0.717) is 38.6 Å². The Morgan fingerprint density at radius 1 is 1.22 bits per heavy atom. The third-order valence-corrected chi connectivity index (χ3v) is 6.90. The lowest BCUT2D eigenvalue weighted by Gasteiger charge is -2.18. The zero-order valence-electron chi connectivity index (χ0n) is 19.6. The summed E-state index contributed by atoms with van der Waals surface area (Å²) < 4.78 is 16.1. The predicted molar refractivity (Wildman–Crippen MR) is 133 cm³/mol. The second-order valence-corrected chi connectivity index (χ2v) is 10.1. The minimum absolute atomic E-state index is 0.114. The summed E-state index contributed by atoms with van der Waals surface area (Å²) in [5.41, 5.74) is 1.17. The molecular formula is C26H22ClFN6O2. The van der Waals surface area contributed by atoms with E-state index in [-0.39, 0.29) is 41.7 Å². The topological polar surface area (TPSA) is 102 Å². The molecule has 0 saturated heterocycles. The minimum atomic E-state index is -0.968. The van der Waals surface area contributed by atoms with Crippen molar-refractivity contribution in [3.8, 4) is 11.5 Å². The van der Waals surface area contributed by atoms with E-state index >= 15 is 0 Å². The molecule has 2 N–H and O–H groups in total. The van der Waals surface area contributed by atoms with Crippen LogP contribution in [0.4, 0.5) is 10.2 Å². The van der Waals surface area contributed by atoms with Crippen LogP contribution in [-0.4, -0.2) is 37.6 Å². The van der Waals surface area contributed by atoms with Gasteiger partial charge in [0, 0.05) is 27.6 Å². The van der Waals surface area contributed by atoms with Crippen LogP contribution < -0.4 is 10.6 Å². The highest BCUT2D eigenvalue weighted by molar-refractivity contribution is 6.31. The number of hydrogen-bond donors (Lipinski definition) is 2. The molecule has 0 bridgehead atoms. The number of benzene rings is 2. The Balaban J connectivity index is 1.53. The molecule has 6 rings (SSSR count). The summed E-state index contributed by atoms with van der Waals surface area (Å²) >= 11 is 6.28. The standard InChI is InChI=1S/C26H22ClFN6O2/c1-26(2)19-21(24(35)29-15-8-9-15)30-23(31-22(19)32-25(26)36)20-16-10-7-14(27)11-18(16)34(33-20)12-13-5-3-4-6-17(13)28/h3-7,10-11,15H,8-9,12H2,1-2H3,(H,29,35)(H,30,31,32,36). The third kappa shape index (κ3) is 3.71. The summed E-state index contributed by atoms with van der Waals surface area (Å²) in [6.07, 6.45) is 1.83. The van der Waals surface area contributed by atoms with Crippen LogP contribution in [0.25, 0.3) is 22.4 Å². The lowest BCUT2D eigenvalue weighted by atomic mass is 9.85. The highest BCUT2D eigenvalue weighted by atomic mass is 35.5. The number of rotatable bonds is 5. The van der Waals surface area contributed by atoms with Crippen molar-refractivity contribution in [2.45, 2.75) is 44.7 Å². The normalized spacial score (nSPS) is 16.2. The van der Waals surface area contributed by atoms with Crippen molar-refractivity contribution >= 4 is 40.1 Å².